The first-order valence-electron chi connectivity index (χ1n) is 5.94. The molecule has 0 radical (unpaired) electrons. The van der Waals surface area contributed by atoms with Crippen molar-refractivity contribution in [1.29, 1.82) is 0 Å². The van der Waals surface area contributed by atoms with Gasteiger partial charge in [-0.3, -0.25) is 0 Å². The van der Waals surface area contributed by atoms with Crippen LogP contribution in [-0.4, -0.2) is 22.1 Å². The second kappa shape index (κ2) is 6.68. The first-order chi connectivity index (χ1) is 9.95. The fourth-order valence-electron chi connectivity index (χ4n) is 1.62. The Balaban J connectivity index is 2.01. The lowest BCUT2D eigenvalue weighted by Crippen LogP contribution is -2.28. The molecule has 3 N–H and O–H groups in total. The summed E-state index contributed by atoms with van der Waals surface area (Å²) < 4.78 is 0.631. The Hall–Kier alpha value is -1.93. The molecule has 1 aromatic heterocycles. The minimum absolute atomic E-state index is 0.0214. The first kappa shape index (κ1) is 15.5. The van der Waals surface area contributed by atoms with Crippen LogP contribution in [0, 0.1) is 6.92 Å². The highest BCUT2D eigenvalue weighted by Crippen LogP contribution is 2.21. The van der Waals surface area contributed by atoms with Gasteiger partial charge >= 0.3 is 12.0 Å². The minimum atomic E-state index is -1.11. The summed E-state index contributed by atoms with van der Waals surface area (Å²) in [5, 5.41) is 15.2. The van der Waals surface area contributed by atoms with E-state index in [1.54, 1.807) is 12.3 Å². The average molecular weight is 370 g/mol. The van der Waals surface area contributed by atoms with Gasteiger partial charge in [-0.2, -0.15) is 0 Å². The minimum Gasteiger partial charge on any atom is -0.478 e. The maximum atomic E-state index is 11.8. The van der Waals surface area contributed by atoms with Gasteiger partial charge in [0.2, 0.25) is 0 Å². The molecule has 6 nitrogen and oxygen atoms in total. The van der Waals surface area contributed by atoms with Crippen molar-refractivity contribution in [3.63, 3.8) is 0 Å². The van der Waals surface area contributed by atoms with Crippen molar-refractivity contribution in [2.75, 3.05) is 5.32 Å². The zero-order chi connectivity index (χ0) is 15.4. The predicted octanol–water partition coefficient (Wildman–Crippen LogP) is 3.23. The summed E-state index contributed by atoms with van der Waals surface area (Å²) in [5.41, 5.74) is 0.261. The number of nitrogens with one attached hydrogen (secondary N) is 2. The molecule has 2 amide bonds. The Morgan fingerprint density at radius 2 is 2.19 bits per heavy atom. The highest BCUT2D eigenvalue weighted by molar-refractivity contribution is 9.10. The van der Waals surface area contributed by atoms with Gasteiger partial charge in [-0.15, -0.1) is 11.3 Å². The molecule has 1 aromatic carbocycles. The Labute approximate surface area is 133 Å². The molecule has 0 bridgehead atoms. The number of halogens is 1. The summed E-state index contributed by atoms with van der Waals surface area (Å²) in [6.07, 6.45) is 1.70. The number of aromatic nitrogens is 1. The van der Waals surface area contributed by atoms with Gasteiger partial charge in [-0.05, 0) is 25.1 Å². The van der Waals surface area contributed by atoms with Crippen LogP contribution in [-0.2, 0) is 6.54 Å². The number of hydrogen-bond donors (Lipinski definition) is 3. The molecule has 0 aliphatic rings. The molecule has 2 aromatic rings. The van der Waals surface area contributed by atoms with Gasteiger partial charge in [0.15, 0.2) is 0 Å². The number of nitrogens with zero attached hydrogens (tertiary/aromatic N) is 1. The quantitative estimate of drug-likeness (QED) is 0.771. The van der Waals surface area contributed by atoms with E-state index in [9.17, 15) is 9.59 Å². The number of urea groups is 1. The van der Waals surface area contributed by atoms with Gasteiger partial charge < -0.3 is 15.7 Å². The molecular weight excluding hydrogens is 358 g/mol. The zero-order valence-electron chi connectivity index (χ0n) is 11.0. The average Bonchev–Trinajstić information content (AvgIpc) is 2.84. The molecule has 1 heterocycles. The van der Waals surface area contributed by atoms with Crippen molar-refractivity contribution in [2.45, 2.75) is 13.5 Å². The SMILES string of the molecule is Cc1ncc(CNC(=O)Nc2ccc(Br)cc2C(=O)O)s1. The van der Waals surface area contributed by atoms with E-state index in [0.717, 1.165) is 9.88 Å². The van der Waals surface area contributed by atoms with E-state index in [2.05, 4.69) is 31.5 Å². The third-order valence-electron chi connectivity index (χ3n) is 2.55. The normalized spacial score (nSPS) is 10.2. The van der Waals surface area contributed by atoms with E-state index in [1.165, 1.54) is 23.5 Å². The van der Waals surface area contributed by atoms with Crippen LogP contribution in [0.1, 0.15) is 20.2 Å². The highest BCUT2D eigenvalue weighted by Gasteiger charge is 2.13. The van der Waals surface area contributed by atoms with Crippen LogP contribution in [0.2, 0.25) is 0 Å². The Morgan fingerprint density at radius 3 is 2.81 bits per heavy atom. The summed E-state index contributed by atoms with van der Waals surface area (Å²) >= 11 is 4.69. The number of benzene rings is 1. The summed E-state index contributed by atoms with van der Waals surface area (Å²) in [6.45, 7) is 2.23. The first-order valence-corrected chi connectivity index (χ1v) is 7.55. The van der Waals surface area contributed by atoms with Crippen LogP contribution in [0.4, 0.5) is 10.5 Å². The Morgan fingerprint density at radius 1 is 1.43 bits per heavy atom. The number of rotatable bonds is 4. The van der Waals surface area contributed by atoms with E-state index < -0.39 is 12.0 Å². The molecule has 0 fully saturated rings. The summed E-state index contributed by atoms with van der Waals surface area (Å²) in [7, 11) is 0. The third kappa shape index (κ3) is 4.27. The number of hydrogen-bond acceptors (Lipinski definition) is 4. The Kier molecular flexibility index (Phi) is 4.92. The number of aromatic carboxylic acids is 1. The topological polar surface area (TPSA) is 91.3 Å². The number of carbonyl (C=O) groups is 2. The monoisotopic (exact) mass is 369 g/mol. The van der Waals surface area contributed by atoms with Crippen LogP contribution in [0.3, 0.4) is 0 Å². The number of aryl methyl sites for hydroxylation is 1. The summed E-state index contributed by atoms with van der Waals surface area (Å²) in [6, 6.07) is 4.16. The van der Waals surface area contributed by atoms with E-state index in [0.29, 0.717) is 11.0 Å². The van der Waals surface area contributed by atoms with Crippen LogP contribution in [0.5, 0.6) is 0 Å². The van der Waals surface area contributed by atoms with Crippen LogP contribution >= 0.6 is 27.3 Å². The molecule has 110 valence electrons. The largest absolute Gasteiger partial charge is 0.478 e. The van der Waals surface area contributed by atoms with Crippen molar-refractivity contribution in [3.8, 4) is 0 Å². The molecular formula is C13H12BrN3O3S. The Bertz CT molecular complexity index is 687. The van der Waals surface area contributed by atoms with Crippen LogP contribution < -0.4 is 10.6 Å². The molecule has 0 saturated carbocycles. The molecule has 0 unspecified atom stereocenters. The molecule has 0 aliphatic carbocycles. The van der Waals surface area contributed by atoms with Gasteiger partial charge in [-0.25, -0.2) is 14.6 Å². The lowest BCUT2D eigenvalue weighted by atomic mass is 10.2. The highest BCUT2D eigenvalue weighted by atomic mass is 79.9. The smallest absolute Gasteiger partial charge is 0.337 e. The van der Waals surface area contributed by atoms with E-state index in [-0.39, 0.29) is 11.3 Å². The van der Waals surface area contributed by atoms with Gasteiger partial charge in [0.1, 0.15) is 0 Å². The van der Waals surface area contributed by atoms with Crippen molar-refractivity contribution in [2.24, 2.45) is 0 Å². The fraction of sp³-hybridized carbons (Fsp3) is 0.154. The van der Waals surface area contributed by atoms with Gasteiger partial charge in [0.05, 0.1) is 22.8 Å². The number of carbonyl (C=O) groups excluding carboxylic acids is 1. The molecule has 2 rings (SSSR count). The molecule has 21 heavy (non-hydrogen) atoms. The van der Waals surface area contributed by atoms with Gasteiger partial charge in [0.25, 0.3) is 0 Å². The maximum absolute atomic E-state index is 11.8. The predicted molar refractivity (Wildman–Crippen MR) is 83.8 cm³/mol. The number of carboxylic acids is 1. The molecule has 0 saturated heterocycles. The van der Waals surface area contributed by atoms with Crippen LogP contribution in [0.15, 0.2) is 28.9 Å². The standard InChI is InChI=1S/C13H12BrN3O3S/c1-7-15-5-9(21-7)6-16-13(20)17-11-3-2-8(14)4-10(11)12(18)19/h2-5H,6H2,1H3,(H,18,19)(H2,16,17,20). The molecule has 0 spiro atoms. The van der Waals surface area contributed by atoms with Crippen molar-refractivity contribution in [3.05, 3.63) is 44.3 Å². The number of anilines is 1. The number of amides is 2. The fourth-order valence-corrected chi connectivity index (χ4v) is 2.72. The molecule has 0 aliphatic heterocycles. The molecule has 8 heteroatoms. The summed E-state index contributed by atoms with van der Waals surface area (Å²) in [5.74, 6) is -1.11. The van der Waals surface area contributed by atoms with Crippen molar-refractivity contribution >= 4 is 45.0 Å². The van der Waals surface area contributed by atoms with E-state index in [1.807, 2.05) is 6.92 Å². The lowest BCUT2D eigenvalue weighted by Gasteiger charge is -2.09. The lowest BCUT2D eigenvalue weighted by molar-refractivity contribution is 0.0698. The summed E-state index contributed by atoms with van der Waals surface area (Å²) in [4.78, 5) is 28.0. The maximum Gasteiger partial charge on any atom is 0.337 e. The third-order valence-corrected chi connectivity index (χ3v) is 3.96. The van der Waals surface area contributed by atoms with Crippen LogP contribution in [0.25, 0.3) is 0 Å². The second-order valence-electron chi connectivity index (χ2n) is 4.15. The van der Waals surface area contributed by atoms with Crippen molar-refractivity contribution in [1.82, 2.24) is 10.3 Å². The van der Waals surface area contributed by atoms with Crippen molar-refractivity contribution < 1.29 is 14.7 Å². The van der Waals surface area contributed by atoms with Gasteiger partial charge in [0, 0.05) is 15.5 Å². The number of carboxylic acid groups (broad SMARTS) is 1. The zero-order valence-corrected chi connectivity index (χ0v) is 13.4. The van der Waals surface area contributed by atoms with E-state index in [4.69, 9.17) is 5.11 Å². The number of thiazole rings is 1. The molecule has 0 atom stereocenters. The van der Waals surface area contributed by atoms with Gasteiger partial charge in [-0.1, -0.05) is 15.9 Å². The van der Waals surface area contributed by atoms with E-state index >= 15 is 0 Å². The second-order valence-corrected chi connectivity index (χ2v) is 6.38.